The summed E-state index contributed by atoms with van der Waals surface area (Å²) < 4.78 is 67.8. The zero-order valence-corrected chi connectivity index (χ0v) is 25.4. The Balaban J connectivity index is 1.21. The molecule has 234 valence electrons. The Kier molecular flexibility index (Phi) is 7.48. The number of aromatic nitrogens is 5. The van der Waals surface area contributed by atoms with Crippen molar-refractivity contribution >= 4 is 32.7 Å². The first-order chi connectivity index (χ1) is 22.0. The smallest absolute Gasteiger partial charge is 0.261 e. The van der Waals surface area contributed by atoms with Crippen molar-refractivity contribution in [2.45, 2.75) is 25.4 Å². The lowest BCUT2D eigenvalue weighted by Crippen LogP contribution is -2.24. The van der Waals surface area contributed by atoms with Gasteiger partial charge in [-0.3, -0.25) is 10.00 Å². The summed E-state index contributed by atoms with van der Waals surface area (Å²) in [7, 11) is -3.47. The summed E-state index contributed by atoms with van der Waals surface area (Å²) >= 11 is 0. The first-order valence-corrected chi connectivity index (χ1v) is 16.4. The van der Waals surface area contributed by atoms with E-state index in [1.165, 1.54) is 12.1 Å². The van der Waals surface area contributed by atoms with Crippen LogP contribution in [0.15, 0.2) is 72.5 Å². The molecule has 13 heteroatoms. The van der Waals surface area contributed by atoms with Gasteiger partial charge in [0.15, 0.2) is 11.5 Å². The second-order valence-corrected chi connectivity index (χ2v) is 13.4. The Bertz CT molecular complexity index is 2200. The lowest BCUT2D eigenvalue weighted by atomic mass is 9.99. The number of rotatable bonds is 8. The number of allylic oxidation sites excluding steroid dienone is 2. The summed E-state index contributed by atoms with van der Waals surface area (Å²) in [5, 5.41) is 7.50. The number of pyridine rings is 1. The first-order valence-electron chi connectivity index (χ1n) is 14.5. The van der Waals surface area contributed by atoms with Gasteiger partial charge < -0.3 is 4.98 Å². The molecule has 9 nitrogen and oxygen atoms in total. The molecule has 0 spiro atoms. The molecule has 1 saturated heterocycles. The fourth-order valence-electron chi connectivity index (χ4n) is 5.76. The average molecular weight is 644 g/mol. The molecule has 1 aliphatic carbocycles. The van der Waals surface area contributed by atoms with Gasteiger partial charge in [0.25, 0.3) is 5.92 Å². The van der Waals surface area contributed by atoms with E-state index >= 15 is 0 Å². The lowest BCUT2D eigenvalue weighted by Gasteiger charge is -2.16. The van der Waals surface area contributed by atoms with Gasteiger partial charge in [-0.2, -0.15) is 5.10 Å². The second kappa shape index (κ2) is 11.5. The Morgan fingerprint density at radius 3 is 2.70 bits per heavy atom. The van der Waals surface area contributed by atoms with E-state index in [0.717, 1.165) is 17.4 Å². The van der Waals surface area contributed by atoms with Crippen LogP contribution in [0.3, 0.4) is 0 Å². The molecule has 2 aromatic carbocycles. The maximum Gasteiger partial charge on any atom is 0.261 e. The van der Waals surface area contributed by atoms with Crippen LogP contribution in [0.25, 0.3) is 45.5 Å². The van der Waals surface area contributed by atoms with E-state index in [4.69, 9.17) is 9.97 Å². The highest BCUT2D eigenvalue weighted by atomic mass is 32.2. The molecule has 3 N–H and O–H groups in total. The Hall–Kier alpha value is -4.81. The minimum Gasteiger partial charge on any atom is -0.336 e. The van der Waals surface area contributed by atoms with Gasteiger partial charge >= 0.3 is 0 Å². The number of hydrogen-bond donors (Lipinski definition) is 3. The normalized spacial score (nSPS) is 16.1. The number of sulfonamides is 1. The van der Waals surface area contributed by atoms with Crippen molar-refractivity contribution in [3.05, 3.63) is 106 Å². The number of hydrogen-bond acceptors (Lipinski definition) is 6. The highest BCUT2D eigenvalue weighted by molar-refractivity contribution is 7.88. The summed E-state index contributed by atoms with van der Waals surface area (Å²) in [5.74, 6) is -2.72. The molecule has 3 aromatic heterocycles. The third kappa shape index (κ3) is 6.31. The molecule has 0 saturated carbocycles. The quantitative estimate of drug-likeness (QED) is 0.188. The monoisotopic (exact) mass is 643 g/mol. The van der Waals surface area contributed by atoms with Crippen molar-refractivity contribution in [1.82, 2.24) is 34.8 Å². The van der Waals surface area contributed by atoms with Crippen LogP contribution in [0, 0.1) is 5.82 Å². The first kappa shape index (κ1) is 29.9. The topological polar surface area (TPSA) is 120 Å². The van der Waals surface area contributed by atoms with E-state index in [2.05, 4.69) is 25.6 Å². The SMILES string of the molecule is CS(=O)(=O)NCc1cc(F)cc(C2=CC=C=Cc3[nH]c(-c4n[nH]c5ccc(-c6cccc(CN7CCC(F)(F)C7)c6)nc45)nc32)c1. The van der Waals surface area contributed by atoms with Crippen LogP contribution >= 0.6 is 0 Å². The Morgan fingerprint density at radius 2 is 1.89 bits per heavy atom. The number of aromatic amines is 2. The zero-order valence-electron chi connectivity index (χ0n) is 24.6. The van der Waals surface area contributed by atoms with Gasteiger partial charge in [-0.05, 0) is 65.2 Å². The highest BCUT2D eigenvalue weighted by Crippen LogP contribution is 2.33. The second-order valence-electron chi connectivity index (χ2n) is 11.5. The molecule has 0 unspecified atom stereocenters. The van der Waals surface area contributed by atoms with Crippen molar-refractivity contribution < 1.29 is 21.6 Å². The van der Waals surface area contributed by atoms with Gasteiger partial charge in [0, 0.05) is 43.3 Å². The molecule has 2 aliphatic rings. The number of nitrogens with zero attached hydrogens (tertiary/aromatic N) is 4. The number of alkyl halides is 2. The number of H-pyrrole nitrogens is 2. The number of imidazole rings is 1. The average Bonchev–Trinajstić information content (AvgIpc) is 3.68. The van der Waals surface area contributed by atoms with Crippen molar-refractivity contribution in [2.24, 2.45) is 0 Å². The van der Waals surface area contributed by atoms with Gasteiger partial charge in [-0.1, -0.05) is 18.2 Å². The van der Waals surface area contributed by atoms with Crippen LogP contribution in [0.2, 0.25) is 0 Å². The molecule has 5 aromatic rings. The molecule has 0 atom stereocenters. The molecular formula is C33H28F3N7O2S. The Morgan fingerprint density at radius 1 is 1.04 bits per heavy atom. The van der Waals surface area contributed by atoms with E-state index in [1.807, 2.05) is 36.4 Å². The summed E-state index contributed by atoms with van der Waals surface area (Å²) in [4.78, 5) is 14.8. The number of likely N-dealkylation sites (tertiary alicyclic amines) is 1. The zero-order chi connectivity index (χ0) is 32.1. The lowest BCUT2D eigenvalue weighted by molar-refractivity contribution is 0.0115. The number of benzene rings is 2. The molecule has 7 rings (SSSR count). The van der Waals surface area contributed by atoms with Gasteiger partial charge in [-0.25, -0.2) is 36.3 Å². The van der Waals surface area contributed by atoms with Gasteiger partial charge in [0.05, 0.1) is 35.4 Å². The summed E-state index contributed by atoms with van der Waals surface area (Å²) in [6.07, 6.45) is 6.12. The van der Waals surface area contributed by atoms with E-state index in [1.54, 1.807) is 29.2 Å². The van der Waals surface area contributed by atoms with Gasteiger partial charge in [0.2, 0.25) is 10.0 Å². The maximum atomic E-state index is 14.7. The molecule has 0 radical (unpaired) electrons. The molecule has 1 fully saturated rings. The highest BCUT2D eigenvalue weighted by Gasteiger charge is 2.37. The standard InChI is InChI=1S/C33H28F3N7O2S/c1-46(44,45)37-17-21-14-23(16-24(34)15-21)25-7-2-3-8-27-29(25)40-32(39-27)31-30-28(41-42-31)10-9-26(38-30)22-6-4-5-20(13-22)18-43-12-11-33(35,36)19-43/h2,4-10,13-16,37H,11-12,17-19H2,1H3,(H,39,40)(H,41,42). The van der Waals surface area contributed by atoms with E-state index in [-0.39, 0.29) is 19.5 Å². The molecular weight excluding hydrogens is 615 g/mol. The van der Waals surface area contributed by atoms with Crippen molar-refractivity contribution in [2.75, 3.05) is 19.3 Å². The predicted molar refractivity (Wildman–Crippen MR) is 169 cm³/mol. The summed E-state index contributed by atoms with van der Waals surface area (Å²) in [6.45, 7) is 0.485. The fraction of sp³-hybridized carbons (Fsp3) is 0.212. The summed E-state index contributed by atoms with van der Waals surface area (Å²) in [6, 6.07) is 15.8. The third-order valence-corrected chi connectivity index (χ3v) is 8.55. The van der Waals surface area contributed by atoms with Crippen molar-refractivity contribution in [1.29, 1.82) is 0 Å². The van der Waals surface area contributed by atoms with Crippen LogP contribution < -0.4 is 4.72 Å². The van der Waals surface area contributed by atoms with Crippen LogP contribution in [0.5, 0.6) is 0 Å². The van der Waals surface area contributed by atoms with Gasteiger partial charge in [0.1, 0.15) is 11.3 Å². The maximum absolute atomic E-state index is 14.7. The number of fused-ring (bicyclic) bond motifs is 2. The largest absolute Gasteiger partial charge is 0.336 e. The fourth-order valence-corrected chi connectivity index (χ4v) is 6.19. The van der Waals surface area contributed by atoms with Crippen LogP contribution in [0.1, 0.15) is 34.5 Å². The Labute approximate surface area is 262 Å². The minimum absolute atomic E-state index is 0.0615. The molecule has 46 heavy (non-hydrogen) atoms. The number of nitrogens with one attached hydrogen (secondary N) is 3. The number of halogens is 3. The van der Waals surface area contributed by atoms with E-state index in [0.29, 0.717) is 69.4 Å². The van der Waals surface area contributed by atoms with E-state index in [9.17, 15) is 21.6 Å². The van der Waals surface area contributed by atoms with Gasteiger partial charge in [-0.15, -0.1) is 5.73 Å². The third-order valence-electron chi connectivity index (χ3n) is 7.88. The van der Waals surface area contributed by atoms with Crippen molar-refractivity contribution in [3.63, 3.8) is 0 Å². The van der Waals surface area contributed by atoms with E-state index < -0.39 is 21.8 Å². The molecule has 0 bridgehead atoms. The van der Waals surface area contributed by atoms with Crippen LogP contribution in [0.4, 0.5) is 13.2 Å². The molecule has 0 amide bonds. The molecule has 1 aliphatic heterocycles. The van der Waals surface area contributed by atoms with Crippen molar-refractivity contribution in [3.8, 4) is 22.8 Å². The van der Waals surface area contributed by atoms with Crippen LogP contribution in [-0.4, -0.2) is 63.7 Å². The summed E-state index contributed by atoms with van der Waals surface area (Å²) in [5.41, 5.74) is 10.0. The minimum atomic E-state index is -3.47. The van der Waals surface area contributed by atoms with Crippen LogP contribution in [-0.2, 0) is 23.1 Å². The predicted octanol–water partition coefficient (Wildman–Crippen LogP) is 5.66. The molecule has 4 heterocycles.